The molecule has 4 heteroatoms. The summed E-state index contributed by atoms with van der Waals surface area (Å²) in [5, 5.41) is 6.37. The number of rotatable bonds is 5. The summed E-state index contributed by atoms with van der Waals surface area (Å²) in [5.74, 6) is 1.41. The molecule has 17 heavy (non-hydrogen) atoms. The van der Waals surface area contributed by atoms with Crippen LogP contribution in [0, 0.1) is 11.8 Å². The lowest BCUT2D eigenvalue weighted by Gasteiger charge is -2.15. The maximum absolute atomic E-state index is 11.7. The minimum absolute atomic E-state index is 0.205. The lowest BCUT2D eigenvalue weighted by atomic mass is 10.0. The van der Waals surface area contributed by atoms with E-state index < -0.39 is 0 Å². The fourth-order valence-electron chi connectivity index (χ4n) is 2.67. The van der Waals surface area contributed by atoms with Crippen molar-refractivity contribution in [1.82, 2.24) is 10.6 Å². The first-order chi connectivity index (χ1) is 8.25. The third kappa shape index (κ3) is 3.96. The van der Waals surface area contributed by atoms with Crippen molar-refractivity contribution in [3.63, 3.8) is 0 Å². The normalized spacial score (nSPS) is 32.9. The van der Waals surface area contributed by atoms with Crippen molar-refractivity contribution >= 4 is 5.91 Å². The summed E-state index contributed by atoms with van der Waals surface area (Å²) < 4.78 is 5.48. The molecule has 2 aliphatic rings. The van der Waals surface area contributed by atoms with Crippen LogP contribution in [0.25, 0.3) is 0 Å². The van der Waals surface area contributed by atoms with Gasteiger partial charge in [0, 0.05) is 25.5 Å². The Morgan fingerprint density at radius 1 is 1.47 bits per heavy atom. The van der Waals surface area contributed by atoms with Gasteiger partial charge in [0.1, 0.15) is 0 Å². The molecule has 0 aromatic carbocycles. The summed E-state index contributed by atoms with van der Waals surface area (Å²) in [5.41, 5.74) is 0. The molecule has 1 amide bonds. The Labute approximate surface area is 103 Å². The van der Waals surface area contributed by atoms with Crippen LogP contribution in [0.15, 0.2) is 0 Å². The zero-order chi connectivity index (χ0) is 12.1. The van der Waals surface area contributed by atoms with Gasteiger partial charge < -0.3 is 15.4 Å². The Morgan fingerprint density at radius 3 is 3.00 bits per heavy atom. The number of hydrogen-bond donors (Lipinski definition) is 2. The average Bonchev–Trinajstić information content (AvgIpc) is 2.95. The van der Waals surface area contributed by atoms with E-state index in [9.17, 15) is 4.79 Å². The molecule has 0 saturated carbocycles. The molecule has 4 nitrogen and oxygen atoms in total. The van der Waals surface area contributed by atoms with Crippen LogP contribution in [0.4, 0.5) is 0 Å². The van der Waals surface area contributed by atoms with Crippen LogP contribution in [0.5, 0.6) is 0 Å². The first-order valence-electron chi connectivity index (χ1n) is 6.84. The predicted octanol–water partition coefficient (Wildman–Crippen LogP) is 0.917. The Balaban J connectivity index is 1.57. The molecule has 0 aliphatic carbocycles. The van der Waals surface area contributed by atoms with Crippen LogP contribution in [0.2, 0.25) is 0 Å². The Bertz CT molecular complexity index is 252. The molecule has 2 fully saturated rings. The highest BCUT2D eigenvalue weighted by Crippen LogP contribution is 2.19. The van der Waals surface area contributed by atoms with Gasteiger partial charge in [-0.3, -0.25) is 4.79 Å². The number of ether oxygens (including phenoxy) is 1. The third-order valence-corrected chi connectivity index (χ3v) is 4.04. The highest BCUT2D eigenvalue weighted by molar-refractivity contribution is 5.75. The van der Waals surface area contributed by atoms with Crippen molar-refractivity contribution < 1.29 is 9.53 Å². The largest absolute Gasteiger partial charge is 0.378 e. The van der Waals surface area contributed by atoms with Crippen molar-refractivity contribution in [1.29, 1.82) is 0 Å². The Morgan fingerprint density at radius 2 is 2.35 bits per heavy atom. The molecule has 2 aliphatic heterocycles. The summed E-state index contributed by atoms with van der Waals surface area (Å²) >= 11 is 0. The topological polar surface area (TPSA) is 50.4 Å². The van der Waals surface area contributed by atoms with Gasteiger partial charge >= 0.3 is 0 Å². The zero-order valence-electron chi connectivity index (χ0n) is 10.7. The van der Waals surface area contributed by atoms with E-state index in [2.05, 4.69) is 17.6 Å². The Kier molecular flexibility index (Phi) is 4.80. The quantitative estimate of drug-likeness (QED) is 0.751. The molecule has 0 aromatic rings. The third-order valence-electron chi connectivity index (χ3n) is 4.04. The second-order valence-corrected chi connectivity index (χ2v) is 5.33. The minimum atomic E-state index is 0.205. The number of amides is 1. The van der Waals surface area contributed by atoms with E-state index in [1.54, 1.807) is 0 Å². The van der Waals surface area contributed by atoms with Crippen LogP contribution in [0.1, 0.15) is 32.6 Å². The van der Waals surface area contributed by atoms with Crippen molar-refractivity contribution in [2.75, 3.05) is 26.2 Å². The van der Waals surface area contributed by atoms with E-state index in [0.29, 0.717) is 24.4 Å². The van der Waals surface area contributed by atoms with Gasteiger partial charge in [-0.05, 0) is 45.2 Å². The second kappa shape index (κ2) is 6.36. The van der Waals surface area contributed by atoms with Gasteiger partial charge in [-0.15, -0.1) is 0 Å². The SMILES string of the molecule is CC1OCCC1CNC(=O)CCC1CCNC1. The number of nitrogens with one attached hydrogen (secondary N) is 2. The highest BCUT2D eigenvalue weighted by atomic mass is 16.5. The molecule has 2 N–H and O–H groups in total. The summed E-state index contributed by atoms with van der Waals surface area (Å²) in [7, 11) is 0. The van der Waals surface area contributed by atoms with E-state index in [0.717, 1.165) is 39.1 Å². The van der Waals surface area contributed by atoms with Crippen LogP contribution < -0.4 is 10.6 Å². The summed E-state index contributed by atoms with van der Waals surface area (Å²) in [6.07, 6.45) is 4.30. The van der Waals surface area contributed by atoms with Crippen LogP contribution >= 0.6 is 0 Å². The molecule has 98 valence electrons. The van der Waals surface area contributed by atoms with Gasteiger partial charge in [-0.1, -0.05) is 0 Å². The smallest absolute Gasteiger partial charge is 0.220 e. The first kappa shape index (κ1) is 12.8. The first-order valence-corrected chi connectivity index (χ1v) is 6.84. The maximum Gasteiger partial charge on any atom is 0.220 e. The molecular weight excluding hydrogens is 216 g/mol. The van der Waals surface area contributed by atoms with E-state index in [1.807, 2.05) is 0 Å². The van der Waals surface area contributed by atoms with E-state index >= 15 is 0 Å². The van der Waals surface area contributed by atoms with Gasteiger partial charge in [0.2, 0.25) is 5.91 Å². The molecule has 2 rings (SSSR count). The molecule has 3 unspecified atom stereocenters. The summed E-state index contributed by atoms with van der Waals surface area (Å²) in [4.78, 5) is 11.7. The summed E-state index contributed by atoms with van der Waals surface area (Å²) in [6, 6.07) is 0. The van der Waals surface area contributed by atoms with Crippen LogP contribution in [-0.4, -0.2) is 38.3 Å². The average molecular weight is 240 g/mol. The second-order valence-electron chi connectivity index (χ2n) is 5.33. The fourth-order valence-corrected chi connectivity index (χ4v) is 2.67. The molecule has 0 radical (unpaired) electrons. The van der Waals surface area contributed by atoms with Crippen molar-refractivity contribution in [3.05, 3.63) is 0 Å². The standard InChI is InChI=1S/C13H24N2O2/c1-10-12(5-7-17-10)9-15-13(16)3-2-11-4-6-14-8-11/h10-12,14H,2-9H2,1H3,(H,15,16). The lowest BCUT2D eigenvalue weighted by Crippen LogP contribution is -2.32. The molecule has 0 spiro atoms. The van der Waals surface area contributed by atoms with Gasteiger partial charge in [0.25, 0.3) is 0 Å². The number of carbonyl (C=O) groups is 1. The molecular formula is C13H24N2O2. The van der Waals surface area contributed by atoms with Crippen molar-refractivity contribution in [3.8, 4) is 0 Å². The molecule has 0 aromatic heterocycles. The van der Waals surface area contributed by atoms with E-state index in [4.69, 9.17) is 4.74 Å². The van der Waals surface area contributed by atoms with Gasteiger partial charge in [-0.25, -0.2) is 0 Å². The maximum atomic E-state index is 11.7. The lowest BCUT2D eigenvalue weighted by molar-refractivity contribution is -0.121. The monoisotopic (exact) mass is 240 g/mol. The van der Waals surface area contributed by atoms with Crippen LogP contribution in [0.3, 0.4) is 0 Å². The van der Waals surface area contributed by atoms with Gasteiger partial charge in [-0.2, -0.15) is 0 Å². The Hall–Kier alpha value is -0.610. The molecule has 2 heterocycles. The molecule has 0 bridgehead atoms. The van der Waals surface area contributed by atoms with Crippen LogP contribution in [-0.2, 0) is 9.53 Å². The molecule has 3 atom stereocenters. The minimum Gasteiger partial charge on any atom is -0.378 e. The van der Waals surface area contributed by atoms with Gasteiger partial charge in [0.05, 0.1) is 6.10 Å². The summed E-state index contributed by atoms with van der Waals surface area (Å²) in [6.45, 7) is 5.91. The number of hydrogen-bond acceptors (Lipinski definition) is 3. The fraction of sp³-hybridized carbons (Fsp3) is 0.923. The highest BCUT2D eigenvalue weighted by Gasteiger charge is 2.24. The zero-order valence-corrected chi connectivity index (χ0v) is 10.7. The van der Waals surface area contributed by atoms with Gasteiger partial charge in [0.15, 0.2) is 0 Å². The number of carbonyl (C=O) groups excluding carboxylic acids is 1. The van der Waals surface area contributed by atoms with Crippen molar-refractivity contribution in [2.45, 2.75) is 38.7 Å². The van der Waals surface area contributed by atoms with E-state index in [1.165, 1.54) is 6.42 Å². The predicted molar refractivity (Wildman–Crippen MR) is 66.7 cm³/mol. The van der Waals surface area contributed by atoms with E-state index in [-0.39, 0.29) is 5.91 Å². The van der Waals surface area contributed by atoms with Crippen molar-refractivity contribution in [2.24, 2.45) is 11.8 Å². The molecule has 2 saturated heterocycles.